The smallest absolute Gasteiger partial charge is 0.243 e. The third-order valence-electron chi connectivity index (χ3n) is 5.54. The number of nitrogens with zero attached hydrogens (tertiary/aromatic N) is 3. The predicted octanol–water partition coefficient (Wildman–Crippen LogP) is 3.41. The second-order valence-corrected chi connectivity index (χ2v) is 9.46. The number of rotatable bonds is 9. The van der Waals surface area contributed by atoms with Gasteiger partial charge in [0, 0.05) is 33.0 Å². The van der Waals surface area contributed by atoms with Crippen LogP contribution in [0.3, 0.4) is 0 Å². The average Bonchev–Trinajstić information content (AvgIpc) is 3.08. The minimum absolute atomic E-state index is 0.0480. The molecule has 0 aliphatic carbocycles. The molecule has 7 nitrogen and oxygen atoms in total. The number of hydrogen-bond donors (Lipinski definition) is 1. The highest BCUT2D eigenvalue weighted by Gasteiger charge is 2.23. The van der Waals surface area contributed by atoms with Crippen LogP contribution >= 0.6 is 0 Å². The lowest BCUT2D eigenvalue weighted by Gasteiger charge is -2.18. The molecule has 1 aromatic heterocycles. The van der Waals surface area contributed by atoms with Crippen molar-refractivity contribution in [2.75, 3.05) is 13.1 Å². The molecule has 3 aromatic rings. The average molecular weight is 443 g/mol. The Morgan fingerprint density at radius 3 is 2.45 bits per heavy atom. The molecule has 1 atom stereocenters. The lowest BCUT2D eigenvalue weighted by molar-refractivity contribution is -0.121. The number of nitrogens with one attached hydrogen (secondary N) is 1. The summed E-state index contributed by atoms with van der Waals surface area (Å²) >= 11 is 0. The fourth-order valence-electron chi connectivity index (χ4n) is 3.69. The zero-order valence-electron chi connectivity index (χ0n) is 18.5. The molecule has 166 valence electrons. The van der Waals surface area contributed by atoms with Crippen LogP contribution < -0.4 is 5.32 Å². The fraction of sp³-hybridized carbons (Fsp3) is 0.391. The number of fused-ring (bicyclic) bond motifs is 1. The Hall–Kier alpha value is -2.71. The van der Waals surface area contributed by atoms with Crippen LogP contribution in [-0.2, 0) is 28.3 Å². The van der Waals surface area contributed by atoms with Gasteiger partial charge in [-0.2, -0.15) is 4.31 Å². The van der Waals surface area contributed by atoms with Crippen LogP contribution in [0.2, 0.25) is 0 Å². The summed E-state index contributed by atoms with van der Waals surface area (Å²) in [5.41, 5.74) is 2.51. The van der Waals surface area contributed by atoms with Crippen LogP contribution in [0.15, 0.2) is 53.4 Å². The highest BCUT2D eigenvalue weighted by atomic mass is 32.2. The van der Waals surface area contributed by atoms with Crippen LogP contribution in [0.5, 0.6) is 0 Å². The van der Waals surface area contributed by atoms with Crippen LogP contribution in [0, 0.1) is 0 Å². The van der Waals surface area contributed by atoms with Gasteiger partial charge in [-0.05, 0) is 30.7 Å². The first-order valence-corrected chi connectivity index (χ1v) is 12.0. The number of sulfonamides is 1. The summed E-state index contributed by atoms with van der Waals surface area (Å²) in [6, 6.07) is 14.8. The first kappa shape index (κ1) is 23.0. The largest absolute Gasteiger partial charge is 0.350 e. The topological polar surface area (TPSA) is 84.3 Å². The van der Waals surface area contributed by atoms with E-state index in [0.29, 0.717) is 31.4 Å². The summed E-state index contributed by atoms with van der Waals surface area (Å²) in [5, 5.41) is 3.01. The molecule has 1 heterocycles. The Morgan fingerprint density at radius 1 is 1.13 bits per heavy atom. The fourth-order valence-corrected chi connectivity index (χ4v) is 5.17. The highest BCUT2D eigenvalue weighted by molar-refractivity contribution is 7.89. The molecule has 31 heavy (non-hydrogen) atoms. The first-order valence-electron chi connectivity index (χ1n) is 10.6. The minimum Gasteiger partial charge on any atom is -0.350 e. The van der Waals surface area contributed by atoms with E-state index in [1.807, 2.05) is 62.7 Å². The summed E-state index contributed by atoms with van der Waals surface area (Å²) in [4.78, 5) is 17.3. The van der Waals surface area contributed by atoms with Crippen molar-refractivity contribution in [2.24, 2.45) is 7.05 Å². The van der Waals surface area contributed by atoms with Crippen molar-refractivity contribution >= 4 is 27.0 Å². The quantitative estimate of drug-likeness (QED) is 0.550. The number of carbonyl (C=O) groups excluding carboxylic acids is 1. The first-order chi connectivity index (χ1) is 14.8. The summed E-state index contributed by atoms with van der Waals surface area (Å²) in [6.07, 6.45) is 0.773. The zero-order chi connectivity index (χ0) is 22.6. The summed E-state index contributed by atoms with van der Waals surface area (Å²) in [5.74, 6) is 0.697. The molecule has 0 aliphatic rings. The van der Waals surface area contributed by atoms with Crippen LogP contribution in [-0.4, -0.2) is 41.3 Å². The molecule has 1 amide bonds. The van der Waals surface area contributed by atoms with Crippen LogP contribution in [0.1, 0.15) is 44.6 Å². The Morgan fingerprint density at radius 2 is 1.81 bits per heavy atom. The number of amides is 1. The zero-order valence-corrected chi connectivity index (χ0v) is 19.3. The molecular formula is C23H30N4O3S. The number of imidazole rings is 1. The molecule has 8 heteroatoms. The second kappa shape index (κ2) is 9.62. The summed E-state index contributed by atoms with van der Waals surface area (Å²) < 4.78 is 28.9. The Labute approximate surface area is 184 Å². The van der Waals surface area contributed by atoms with Crippen molar-refractivity contribution in [3.05, 3.63) is 59.9 Å². The van der Waals surface area contributed by atoms with Crippen molar-refractivity contribution in [1.82, 2.24) is 19.2 Å². The third-order valence-corrected chi connectivity index (χ3v) is 7.59. The van der Waals surface area contributed by atoms with Crippen molar-refractivity contribution in [1.29, 1.82) is 0 Å². The van der Waals surface area contributed by atoms with E-state index in [1.165, 1.54) is 4.31 Å². The van der Waals surface area contributed by atoms with E-state index >= 15 is 0 Å². The van der Waals surface area contributed by atoms with Gasteiger partial charge in [0.05, 0.1) is 22.0 Å². The van der Waals surface area contributed by atoms with Gasteiger partial charge in [-0.3, -0.25) is 4.79 Å². The summed E-state index contributed by atoms with van der Waals surface area (Å²) in [6.45, 7) is 6.44. The van der Waals surface area contributed by atoms with Gasteiger partial charge in [-0.15, -0.1) is 0 Å². The molecular weight excluding hydrogens is 412 g/mol. The van der Waals surface area contributed by atoms with Gasteiger partial charge in [-0.1, -0.05) is 44.2 Å². The van der Waals surface area contributed by atoms with E-state index in [4.69, 9.17) is 0 Å². The molecule has 1 N–H and O–H groups in total. The van der Waals surface area contributed by atoms with Crippen molar-refractivity contribution in [3.8, 4) is 0 Å². The molecule has 0 bridgehead atoms. The minimum atomic E-state index is -3.54. The number of benzene rings is 2. The molecule has 0 radical (unpaired) electrons. The van der Waals surface area contributed by atoms with E-state index in [2.05, 4.69) is 10.3 Å². The maximum absolute atomic E-state index is 12.8. The SMILES string of the molecule is CCN(CC)S(=O)(=O)c1ccc2c(c1)nc(CCC(=O)N[C@H](C)c1ccccc1)n2C. The Balaban J connectivity index is 1.73. The van der Waals surface area contributed by atoms with Gasteiger partial charge in [0.15, 0.2) is 0 Å². The Bertz CT molecular complexity index is 1150. The maximum Gasteiger partial charge on any atom is 0.243 e. The second-order valence-electron chi connectivity index (χ2n) is 7.53. The van der Waals surface area contributed by atoms with Gasteiger partial charge in [-0.25, -0.2) is 13.4 Å². The lowest BCUT2D eigenvalue weighted by atomic mass is 10.1. The normalized spacial score (nSPS) is 12.9. The van der Waals surface area contributed by atoms with Crippen LogP contribution in [0.25, 0.3) is 11.0 Å². The number of aromatic nitrogens is 2. The van der Waals surface area contributed by atoms with Gasteiger partial charge in [0.1, 0.15) is 5.82 Å². The van der Waals surface area contributed by atoms with Crippen molar-refractivity contribution in [3.63, 3.8) is 0 Å². The summed E-state index contributed by atoms with van der Waals surface area (Å²) in [7, 11) is -1.66. The molecule has 0 saturated heterocycles. The van der Waals surface area contributed by atoms with Gasteiger partial charge < -0.3 is 9.88 Å². The van der Waals surface area contributed by atoms with E-state index in [0.717, 1.165) is 16.9 Å². The lowest BCUT2D eigenvalue weighted by Crippen LogP contribution is -2.30. The van der Waals surface area contributed by atoms with Crippen LogP contribution in [0.4, 0.5) is 0 Å². The van der Waals surface area contributed by atoms with E-state index < -0.39 is 10.0 Å². The predicted molar refractivity (Wildman–Crippen MR) is 122 cm³/mol. The van der Waals surface area contributed by atoms with Crippen molar-refractivity contribution in [2.45, 2.75) is 44.6 Å². The van der Waals surface area contributed by atoms with Crippen molar-refractivity contribution < 1.29 is 13.2 Å². The molecule has 0 aliphatic heterocycles. The standard InChI is InChI=1S/C23H30N4O3S/c1-5-27(6-2)31(29,30)19-12-13-21-20(16-19)25-22(26(21)4)14-15-23(28)24-17(3)18-10-8-7-9-11-18/h7-13,16-17H,5-6,14-15H2,1-4H3,(H,24,28)/t17-/m1/s1. The molecule has 3 rings (SSSR count). The molecule has 0 fully saturated rings. The molecule has 0 spiro atoms. The van der Waals surface area contributed by atoms with E-state index in [9.17, 15) is 13.2 Å². The molecule has 0 saturated carbocycles. The maximum atomic E-state index is 12.8. The highest BCUT2D eigenvalue weighted by Crippen LogP contribution is 2.23. The van der Waals surface area contributed by atoms with Gasteiger partial charge >= 0.3 is 0 Å². The number of carbonyl (C=O) groups is 1. The Kier molecular flexibility index (Phi) is 7.12. The monoisotopic (exact) mass is 442 g/mol. The van der Waals surface area contributed by atoms with E-state index in [1.54, 1.807) is 18.2 Å². The van der Waals surface area contributed by atoms with Gasteiger partial charge in [0.2, 0.25) is 15.9 Å². The molecule has 2 aromatic carbocycles. The number of aryl methyl sites for hydroxylation is 2. The van der Waals surface area contributed by atoms with Gasteiger partial charge in [0.25, 0.3) is 0 Å². The molecule has 0 unspecified atom stereocenters. The number of hydrogen-bond acceptors (Lipinski definition) is 4. The third kappa shape index (κ3) is 4.97. The van der Waals surface area contributed by atoms with E-state index in [-0.39, 0.29) is 16.8 Å².